The molecule has 11 atom stereocenters. The van der Waals surface area contributed by atoms with Crippen molar-refractivity contribution < 1.29 is 69.3 Å². The van der Waals surface area contributed by atoms with Crippen LogP contribution in [0.4, 0.5) is 0 Å². The molecule has 14 heteroatoms. The molecule has 41 heavy (non-hydrogen) atoms. The molecule has 2 aromatic rings. The summed E-state index contributed by atoms with van der Waals surface area (Å²) >= 11 is 0. The third-order valence-corrected chi connectivity index (χ3v) is 7.39. The highest BCUT2D eigenvalue weighted by Gasteiger charge is 2.45. The Kier molecular flexibility index (Phi) is 8.39. The first kappa shape index (κ1) is 29.4. The highest BCUT2D eigenvalue weighted by Crippen LogP contribution is 2.42. The van der Waals surface area contributed by atoms with E-state index < -0.39 is 85.7 Å². The lowest BCUT2D eigenvalue weighted by Crippen LogP contribution is -2.60. The number of phenols is 1. The van der Waals surface area contributed by atoms with Crippen LogP contribution in [0.2, 0.25) is 0 Å². The molecule has 0 unspecified atom stereocenters. The Bertz CT molecular complexity index is 1240. The second-order valence-electron chi connectivity index (χ2n) is 10.2. The van der Waals surface area contributed by atoms with Gasteiger partial charge in [-0.1, -0.05) is 12.1 Å². The Morgan fingerprint density at radius 1 is 0.805 bits per heavy atom. The van der Waals surface area contributed by atoms with E-state index in [0.717, 1.165) is 6.07 Å². The summed E-state index contributed by atoms with van der Waals surface area (Å²) in [4.78, 5) is 12.9. The van der Waals surface area contributed by atoms with Gasteiger partial charge in [0.15, 0.2) is 5.78 Å². The minimum Gasteiger partial charge on any atom is -0.507 e. The number of ether oxygens (including phenoxy) is 5. The van der Waals surface area contributed by atoms with Gasteiger partial charge in [0.1, 0.15) is 77.4 Å². The fraction of sp³-hybridized carbons (Fsp3) is 0.519. The molecular weight excluding hydrogens is 548 g/mol. The van der Waals surface area contributed by atoms with Gasteiger partial charge in [-0.15, -0.1) is 0 Å². The molecule has 14 nitrogen and oxygen atoms in total. The summed E-state index contributed by atoms with van der Waals surface area (Å²) in [5, 5.41) is 80.1. The van der Waals surface area contributed by atoms with E-state index in [-0.39, 0.29) is 29.2 Å². The van der Waals surface area contributed by atoms with Crippen molar-refractivity contribution >= 4 is 5.78 Å². The zero-order valence-electron chi connectivity index (χ0n) is 21.8. The highest BCUT2D eigenvalue weighted by atomic mass is 16.7. The number of hydrogen-bond acceptors (Lipinski definition) is 14. The molecule has 0 bridgehead atoms. The van der Waals surface area contributed by atoms with E-state index >= 15 is 0 Å². The Hall–Kier alpha value is -3.05. The van der Waals surface area contributed by atoms with Gasteiger partial charge in [0.25, 0.3) is 0 Å². The Morgan fingerprint density at radius 3 is 2.07 bits per heavy atom. The summed E-state index contributed by atoms with van der Waals surface area (Å²) in [6.45, 7) is 0.895. The number of hydrogen-bond donors (Lipinski definition) is 8. The molecule has 8 N–H and O–H groups in total. The molecule has 0 amide bonds. The lowest BCUT2D eigenvalue weighted by Gasteiger charge is -2.39. The minimum absolute atomic E-state index is 0.0156. The third kappa shape index (κ3) is 5.70. The van der Waals surface area contributed by atoms with Gasteiger partial charge >= 0.3 is 0 Å². The van der Waals surface area contributed by atoms with Gasteiger partial charge in [0.05, 0.1) is 19.1 Å². The number of rotatable bonds is 6. The largest absolute Gasteiger partial charge is 0.507 e. The maximum absolute atomic E-state index is 12.9. The third-order valence-electron chi connectivity index (χ3n) is 7.39. The molecule has 2 fully saturated rings. The Morgan fingerprint density at radius 2 is 1.41 bits per heavy atom. The summed E-state index contributed by atoms with van der Waals surface area (Å²) in [5.74, 6) is -0.590. The van der Waals surface area contributed by atoms with Gasteiger partial charge < -0.3 is 64.5 Å². The first-order valence-electron chi connectivity index (χ1n) is 13.0. The average Bonchev–Trinajstić information content (AvgIpc) is 2.95. The number of fused-ring (bicyclic) bond motifs is 1. The fourth-order valence-electron chi connectivity index (χ4n) is 4.97. The zero-order chi connectivity index (χ0) is 29.6. The quantitative estimate of drug-likeness (QED) is 0.194. The monoisotopic (exact) mass is 580 g/mol. The number of phenolic OH excluding ortho intramolecular Hbond substituents is 1. The average molecular weight is 581 g/mol. The molecule has 0 saturated carbocycles. The summed E-state index contributed by atoms with van der Waals surface area (Å²) in [6, 6.07) is 8.73. The van der Waals surface area contributed by atoms with E-state index in [1.807, 2.05) is 0 Å². The number of aromatic hydroxyl groups is 1. The molecular formula is C27H32O14. The maximum Gasteiger partial charge on any atom is 0.229 e. The molecule has 3 heterocycles. The van der Waals surface area contributed by atoms with Crippen molar-refractivity contribution in [3.63, 3.8) is 0 Å². The van der Waals surface area contributed by atoms with Crippen LogP contribution in [0.1, 0.15) is 35.4 Å². The van der Waals surface area contributed by atoms with Crippen LogP contribution in [-0.4, -0.2) is 115 Å². The van der Waals surface area contributed by atoms with Crippen molar-refractivity contribution in [2.45, 2.75) is 80.9 Å². The molecule has 3 aliphatic rings. The molecule has 0 aliphatic carbocycles. The van der Waals surface area contributed by atoms with Gasteiger partial charge in [0.2, 0.25) is 12.6 Å². The van der Waals surface area contributed by atoms with Crippen molar-refractivity contribution in [3.05, 3.63) is 47.5 Å². The Balaban J connectivity index is 1.29. The lowest BCUT2D eigenvalue weighted by atomic mass is 9.95. The van der Waals surface area contributed by atoms with Gasteiger partial charge in [0, 0.05) is 12.1 Å². The second-order valence-corrected chi connectivity index (χ2v) is 10.2. The van der Waals surface area contributed by atoms with E-state index in [2.05, 4.69) is 0 Å². The van der Waals surface area contributed by atoms with Crippen LogP contribution in [0.15, 0.2) is 36.4 Å². The van der Waals surface area contributed by atoms with E-state index in [4.69, 9.17) is 23.7 Å². The molecule has 0 radical (unpaired) electrons. The summed E-state index contributed by atoms with van der Waals surface area (Å²) < 4.78 is 28.0. The number of aliphatic hydroxyl groups is 7. The number of Topliss-reactive ketones (excluding diaryl/α,β-unsaturated/α-hetero) is 1. The molecule has 2 aromatic carbocycles. The lowest BCUT2D eigenvalue weighted by molar-refractivity contribution is -0.277. The molecule has 224 valence electrons. The molecule has 0 aromatic heterocycles. The number of carbonyl (C=O) groups excluding carboxylic acids is 1. The minimum atomic E-state index is -1.59. The van der Waals surface area contributed by atoms with Gasteiger partial charge in [-0.25, -0.2) is 0 Å². The van der Waals surface area contributed by atoms with Crippen LogP contribution in [-0.2, 0) is 9.47 Å². The summed E-state index contributed by atoms with van der Waals surface area (Å²) in [5.41, 5.74) is 0.512. The van der Waals surface area contributed by atoms with Crippen molar-refractivity contribution in [1.29, 1.82) is 0 Å². The van der Waals surface area contributed by atoms with E-state index in [9.17, 15) is 45.6 Å². The van der Waals surface area contributed by atoms with E-state index in [1.54, 1.807) is 12.1 Å². The highest BCUT2D eigenvalue weighted by molar-refractivity contribution is 6.02. The van der Waals surface area contributed by atoms with Crippen molar-refractivity contribution in [2.75, 3.05) is 6.61 Å². The van der Waals surface area contributed by atoms with Crippen LogP contribution in [0.3, 0.4) is 0 Å². The first-order valence-corrected chi connectivity index (χ1v) is 13.0. The second kappa shape index (κ2) is 11.7. The summed E-state index contributed by atoms with van der Waals surface area (Å²) in [6.07, 6.45) is -14.7. The van der Waals surface area contributed by atoms with Crippen molar-refractivity contribution in [2.24, 2.45) is 0 Å². The van der Waals surface area contributed by atoms with Crippen molar-refractivity contribution in [3.8, 4) is 23.0 Å². The predicted octanol–water partition coefficient (Wildman–Crippen LogP) is -1.52. The van der Waals surface area contributed by atoms with Crippen LogP contribution < -0.4 is 14.2 Å². The van der Waals surface area contributed by atoms with Crippen molar-refractivity contribution in [1.82, 2.24) is 0 Å². The molecule has 2 saturated heterocycles. The molecule has 5 rings (SSSR count). The van der Waals surface area contributed by atoms with Crippen LogP contribution >= 0.6 is 0 Å². The van der Waals surface area contributed by atoms with E-state index in [1.165, 1.54) is 25.1 Å². The number of aliphatic hydroxyl groups excluding tert-OH is 7. The van der Waals surface area contributed by atoms with Gasteiger partial charge in [-0.2, -0.15) is 0 Å². The Labute approximate surface area is 233 Å². The SMILES string of the molecule is C[C@@H]1O[C@@H](Oc2cc(O)c3c(c2)O[C@H](c2ccc(O[C@@H]4O[C@H](CO)[C@@H](O)[C@H](O)[C@H]4O)cc2)CC3=O)[C@H](O)[C@H](O)[C@H]1O. The molecule has 0 spiro atoms. The topological polar surface area (TPSA) is 225 Å². The molecule has 3 aliphatic heterocycles. The number of ketones is 1. The van der Waals surface area contributed by atoms with Gasteiger partial charge in [-0.05, 0) is 24.6 Å². The fourth-order valence-corrected chi connectivity index (χ4v) is 4.97. The number of carbonyl (C=O) groups is 1. The smallest absolute Gasteiger partial charge is 0.229 e. The standard InChI is InChI=1S/C27H32O14/c1-10-20(31)22(33)24(35)26(37-10)39-13-6-14(29)19-15(30)8-16(40-17(19)7-13)11-2-4-12(5-3-11)38-27-25(36)23(34)21(32)18(9-28)41-27/h2-7,10,16,18,20-29,31-36H,8-9H2,1H3/t10-,16-,18+,20-,21+,22+,23-,24+,25+,26-,27+/m0/s1. The zero-order valence-corrected chi connectivity index (χ0v) is 21.8. The predicted molar refractivity (Wildman–Crippen MR) is 134 cm³/mol. The van der Waals surface area contributed by atoms with Crippen LogP contribution in [0.25, 0.3) is 0 Å². The van der Waals surface area contributed by atoms with Crippen LogP contribution in [0, 0.1) is 0 Å². The van der Waals surface area contributed by atoms with Gasteiger partial charge in [-0.3, -0.25) is 4.79 Å². The number of benzene rings is 2. The normalized spacial score (nSPS) is 37.2. The van der Waals surface area contributed by atoms with E-state index in [0.29, 0.717) is 5.56 Å². The first-order chi connectivity index (χ1) is 19.5. The maximum atomic E-state index is 12.9. The van der Waals surface area contributed by atoms with Crippen LogP contribution in [0.5, 0.6) is 23.0 Å². The summed E-state index contributed by atoms with van der Waals surface area (Å²) in [7, 11) is 0.